The van der Waals surface area contributed by atoms with E-state index < -0.39 is 0 Å². The molecular weight excluding hydrogens is 148 g/mol. The first-order valence-electron chi connectivity index (χ1n) is 5.10. The molecule has 1 aliphatic carbocycles. The lowest BCUT2D eigenvalue weighted by atomic mass is 9.70. The molecule has 0 aliphatic heterocycles. The van der Waals surface area contributed by atoms with Crippen molar-refractivity contribution in [3.05, 3.63) is 0 Å². The first-order chi connectivity index (χ1) is 5.65. The van der Waals surface area contributed by atoms with Gasteiger partial charge in [-0.3, -0.25) is 0 Å². The van der Waals surface area contributed by atoms with Crippen LogP contribution in [0.15, 0.2) is 0 Å². The van der Waals surface area contributed by atoms with Crippen LogP contribution >= 0.6 is 0 Å². The Balaban J connectivity index is 2.48. The molecule has 0 radical (unpaired) electrons. The summed E-state index contributed by atoms with van der Waals surface area (Å²) < 4.78 is 0. The van der Waals surface area contributed by atoms with Gasteiger partial charge in [-0.2, -0.15) is 0 Å². The standard InChI is InChI=1S/C10H22N2/c1-7-5-9(12)6-8(2)10(7)3-4-11/h7-10H,3-6,11-12H2,1-2H3. The number of nitrogens with two attached hydrogens (primary N) is 2. The van der Waals surface area contributed by atoms with E-state index in [-0.39, 0.29) is 0 Å². The van der Waals surface area contributed by atoms with E-state index in [4.69, 9.17) is 11.5 Å². The highest BCUT2D eigenvalue weighted by molar-refractivity contribution is 4.84. The summed E-state index contributed by atoms with van der Waals surface area (Å²) >= 11 is 0. The fraction of sp³-hybridized carbons (Fsp3) is 1.00. The second kappa shape index (κ2) is 4.24. The molecule has 0 bridgehead atoms. The first-order valence-corrected chi connectivity index (χ1v) is 5.10. The summed E-state index contributed by atoms with van der Waals surface area (Å²) in [5, 5.41) is 0. The van der Waals surface area contributed by atoms with E-state index in [1.165, 1.54) is 19.3 Å². The van der Waals surface area contributed by atoms with Crippen molar-refractivity contribution in [2.45, 2.75) is 39.2 Å². The molecule has 0 aromatic carbocycles. The Hall–Kier alpha value is -0.0800. The molecule has 1 aliphatic rings. The molecule has 4 N–H and O–H groups in total. The minimum absolute atomic E-state index is 0.434. The van der Waals surface area contributed by atoms with Crippen molar-refractivity contribution in [3.8, 4) is 0 Å². The Morgan fingerprint density at radius 1 is 1.17 bits per heavy atom. The van der Waals surface area contributed by atoms with Crippen molar-refractivity contribution in [2.75, 3.05) is 6.54 Å². The Morgan fingerprint density at radius 3 is 2.08 bits per heavy atom. The van der Waals surface area contributed by atoms with Crippen LogP contribution in [-0.4, -0.2) is 12.6 Å². The van der Waals surface area contributed by atoms with Gasteiger partial charge in [0.25, 0.3) is 0 Å². The van der Waals surface area contributed by atoms with E-state index in [0.717, 1.165) is 24.3 Å². The molecule has 2 unspecified atom stereocenters. The summed E-state index contributed by atoms with van der Waals surface area (Å²) in [6.45, 7) is 5.46. The van der Waals surface area contributed by atoms with E-state index in [2.05, 4.69) is 13.8 Å². The van der Waals surface area contributed by atoms with E-state index >= 15 is 0 Å². The van der Waals surface area contributed by atoms with Gasteiger partial charge in [0.15, 0.2) is 0 Å². The summed E-state index contributed by atoms with van der Waals surface area (Å²) in [5.41, 5.74) is 11.5. The molecule has 1 fully saturated rings. The summed E-state index contributed by atoms with van der Waals surface area (Å²) in [6.07, 6.45) is 3.55. The zero-order valence-corrected chi connectivity index (χ0v) is 8.29. The predicted molar refractivity (Wildman–Crippen MR) is 52.7 cm³/mol. The number of rotatable bonds is 2. The zero-order chi connectivity index (χ0) is 9.14. The van der Waals surface area contributed by atoms with Crippen molar-refractivity contribution < 1.29 is 0 Å². The molecule has 0 heterocycles. The van der Waals surface area contributed by atoms with Gasteiger partial charge < -0.3 is 11.5 Å². The van der Waals surface area contributed by atoms with Crippen LogP contribution in [0, 0.1) is 17.8 Å². The molecule has 2 heteroatoms. The van der Waals surface area contributed by atoms with Crippen molar-refractivity contribution in [1.82, 2.24) is 0 Å². The lowest BCUT2D eigenvalue weighted by molar-refractivity contribution is 0.153. The average Bonchev–Trinajstić information content (AvgIpc) is 1.96. The minimum Gasteiger partial charge on any atom is -0.330 e. The van der Waals surface area contributed by atoms with Gasteiger partial charge in [-0.05, 0) is 43.6 Å². The fourth-order valence-corrected chi connectivity index (χ4v) is 2.72. The van der Waals surface area contributed by atoms with Gasteiger partial charge in [0.05, 0.1) is 0 Å². The fourth-order valence-electron chi connectivity index (χ4n) is 2.72. The van der Waals surface area contributed by atoms with Crippen LogP contribution in [0.3, 0.4) is 0 Å². The average molecular weight is 170 g/mol. The van der Waals surface area contributed by atoms with E-state index in [1.54, 1.807) is 0 Å². The van der Waals surface area contributed by atoms with Crippen LogP contribution in [0.25, 0.3) is 0 Å². The van der Waals surface area contributed by atoms with Gasteiger partial charge in [-0.1, -0.05) is 13.8 Å². The van der Waals surface area contributed by atoms with Crippen LogP contribution in [0.5, 0.6) is 0 Å². The summed E-state index contributed by atoms with van der Waals surface area (Å²) in [6, 6.07) is 0.434. The van der Waals surface area contributed by atoms with Crippen molar-refractivity contribution in [3.63, 3.8) is 0 Å². The first kappa shape index (κ1) is 10.0. The maximum Gasteiger partial charge on any atom is 0.00441 e. The summed E-state index contributed by atoms with van der Waals surface area (Å²) in [4.78, 5) is 0. The maximum absolute atomic E-state index is 5.94. The van der Waals surface area contributed by atoms with Gasteiger partial charge in [-0.15, -0.1) is 0 Å². The summed E-state index contributed by atoms with van der Waals surface area (Å²) in [5.74, 6) is 2.36. The van der Waals surface area contributed by atoms with Crippen molar-refractivity contribution in [1.29, 1.82) is 0 Å². The lowest BCUT2D eigenvalue weighted by Gasteiger charge is -2.37. The van der Waals surface area contributed by atoms with Gasteiger partial charge in [0, 0.05) is 6.04 Å². The Labute approximate surface area is 75.7 Å². The molecule has 0 aromatic rings. The van der Waals surface area contributed by atoms with Crippen molar-refractivity contribution >= 4 is 0 Å². The zero-order valence-electron chi connectivity index (χ0n) is 8.29. The third-order valence-corrected chi connectivity index (χ3v) is 3.31. The van der Waals surface area contributed by atoms with Crippen LogP contribution in [0.4, 0.5) is 0 Å². The third-order valence-electron chi connectivity index (χ3n) is 3.31. The molecular formula is C10H22N2. The van der Waals surface area contributed by atoms with Crippen molar-refractivity contribution in [2.24, 2.45) is 29.2 Å². The Bertz CT molecular complexity index is 124. The van der Waals surface area contributed by atoms with Gasteiger partial charge in [-0.25, -0.2) is 0 Å². The van der Waals surface area contributed by atoms with E-state index in [0.29, 0.717) is 6.04 Å². The highest BCUT2D eigenvalue weighted by atomic mass is 14.7. The molecule has 0 amide bonds. The van der Waals surface area contributed by atoms with Gasteiger partial charge in [0.1, 0.15) is 0 Å². The molecule has 12 heavy (non-hydrogen) atoms. The van der Waals surface area contributed by atoms with Gasteiger partial charge >= 0.3 is 0 Å². The summed E-state index contributed by atoms with van der Waals surface area (Å²) in [7, 11) is 0. The largest absolute Gasteiger partial charge is 0.330 e. The maximum atomic E-state index is 5.94. The second-order valence-electron chi connectivity index (χ2n) is 4.43. The molecule has 1 saturated carbocycles. The molecule has 0 saturated heterocycles. The number of hydrogen-bond donors (Lipinski definition) is 2. The molecule has 72 valence electrons. The van der Waals surface area contributed by atoms with Crippen LogP contribution in [0.1, 0.15) is 33.1 Å². The van der Waals surface area contributed by atoms with E-state index in [9.17, 15) is 0 Å². The molecule has 2 atom stereocenters. The molecule has 0 spiro atoms. The van der Waals surface area contributed by atoms with Gasteiger partial charge in [0.2, 0.25) is 0 Å². The molecule has 1 rings (SSSR count). The lowest BCUT2D eigenvalue weighted by Crippen LogP contribution is -2.38. The predicted octanol–water partition coefficient (Wildman–Crippen LogP) is 1.34. The highest BCUT2D eigenvalue weighted by Gasteiger charge is 2.30. The monoisotopic (exact) mass is 170 g/mol. The number of hydrogen-bond acceptors (Lipinski definition) is 2. The van der Waals surface area contributed by atoms with Crippen LogP contribution < -0.4 is 11.5 Å². The Morgan fingerprint density at radius 2 is 1.67 bits per heavy atom. The quantitative estimate of drug-likeness (QED) is 0.657. The third kappa shape index (κ3) is 2.20. The van der Waals surface area contributed by atoms with E-state index in [1.807, 2.05) is 0 Å². The van der Waals surface area contributed by atoms with Crippen LogP contribution in [-0.2, 0) is 0 Å². The highest BCUT2D eigenvalue weighted by Crippen LogP contribution is 2.35. The Kier molecular flexibility index (Phi) is 3.53. The molecule has 2 nitrogen and oxygen atoms in total. The minimum atomic E-state index is 0.434. The van der Waals surface area contributed by atoms with Crippen LogP contribution in [0.2, 0.25) is 0 Å². The SMILES string of the molecule is CC1CC(N)CC(C)C1CCN. The molecule has 0 aromatic heterocycles. The second-order valence-corrected chi connectivity index (χ2v) is 4.43. The smallest absolute Gasteiger partial charge is 0.00441 e. The topological polar surface area (TPSA) is 52.0 Å². The normalized spacial score (nSPS) is 43.0.